The van der Waals surface area contributed by atoms with E-state index < -0.39 is 11.7 Å². The number of nitrogens with one attached hydrogen (secondary N) is 2. The Labute approximate surface area is 192 Å². The number of aromatic nitrogens is 4. The highest BCUT2D eigenvalue weighted by molar-refractivity contribution is 6.30. The Morgan fingerprint density at radius 1 is 0.939 bits per heavy atom. The maximum atomic E-state index is 13.2. The molecule has 9 nitrogen and oxygen atoms in total. The molecule has 0 fully saturated rings. The molecule has 0 unspecified atom stereocenters. The normalized spacial score (nSPS) is 10.6. The summed E-state index contributed by atoms with van der Waals surface area (Å²) in [6.45, 7) is 0.0138. The lowest BCUT2D eigenvalue weighted by Gasteiger charge is -2.07. The predicted octanol–water partition coefficient (Wildman–Crippen LogP) is 3.95. The molecule has 0 spiro atoms. The van der Waals surface area contributed by atoms with Crippen molar-refractivity contribution in [3.8, 4) is 5.75 Å². The number of carbonyl (C=O) groups excluding carboxylic acids is 2. The highest BCUT2D eigenvalue weighted by Crippen LogP contribution is 2.21. The van der Waals surface area contributed by atoms with Crippen LogP contribution in [0.2, 0.25) is 5.02 Å². The Balaban J connectivity index is 1.31. The van der Waals surface area contributed by atoms with Gasteiger partial charge in [0.1, 0.15) is 11.6 Å². The van der Waals surface area contributed by atoms with Crippen LogP contribution in [0, 0.1) is 5.82 Å². The minimum Gasteiger partial charge on any atom is -0.471 e. The van der Waals surface area contributed by atoms with Gasteiger partial charge in [-0.1, -0.05) is 11.6 Å². The summed E-state index contributed by atoms with van der Waals surface area (Å²) in [5, 5.41) is 13.6. The van der Waals surface area contributed by atoms with Gasteiger partial charge in [-0.05, 0) is 48.5 Å². The SMILES string of the molecule is Cn1ccc(C(=O)Nc2ccc(NC(=O)c3ccn(COc4ccc(F)c(Cl)c4)n3)cc2)n1. The minimum atomic E-state index is -0.536. The van der Waals surface area contributed by atoms with Crippen LogP contribution in [-0.4, -0.2) is 31.4 Å². The molecular formula is C22H18ClFN6O3. The van der Waals surface area contributed by atoms with Crippen molar-refractivity contribution in [2.75, 3.05) is 10.6 Å². The van der Waals surface area contributed by atoms with Crippen LogP contribution in [0.15, 0.2) is 67.0 Å². The standard InChI is InChI=1S/C22H18ClFN6O3/c1-29-10-8-19(27-29)21(31)25-14-2-4-15(5-3-14)26-22(32)20-9-11-30(28-20)13-33-16-6-7-18(24)17(23)12-16/h2-12H,13H2,1H3,(H,25,31)(H,26,32). The Kier molecular flexibility index (Phi) is 6.36. The Hall–Kier alpha value is -4.18. The van der Waals surface area contributed by atoms with Gasteiger partial charge in [0.15, 0.2) is 18.1 Å². The van der Waals surface area contributed by atoms with Crippen molar-refractivity contribution in [2.45, 2.75) is 6.73 Å². The first-order valence-corrected chi connectivity index (χ1v) is 10.1. The number of hydrogen-bond acceptors (Lipinski definition) is 5. The van der Waals surface area contributed by atoms with Crippen molar-refractivity contribution in [1.29, 1.82) is 0 Å². The average molecular weight is 469 g/mol. The minimum absolute atomic E-state index is 0.0138. The lowest BCUT2D eigenvalue weighted by atomic mass is 10.2. The molecule has 0 aliphatic carbocycles. The second kappa shape index (κ2) is 9.53. The van der Waals surface area contributed by atoms with Crippen LogP contribution in [0.3, 0.4) is 0 Å². The molecule has 4 rings (SSSR count). The first kappa shape index (κ1) is 22.0. The van der Waals surface area contributed by atoms with Crippen LogP contribution in [0.5, 0.6) is 5.75 Å². The Morgan fingerprint density at radius 3 is 2.12 bits per heavy atom. The fourth-order valence-electron chi connectivity index (χ4n) is 2.83. The Bertz CT molecular complexity index is 1300. The Morgan fingerprint density at radius 2 is 1.55 bits per heavy atom. The summed E-state index contributed by atoms with van der Waals surface area (Å²) >= 11 is 5.73. The molecule has 0 saturated carbocycles. The average Bonchev–Trinajstić information content (AvgIpc) is 3.45. The third kappa shape index (κ3) is 5.55. The first-order chi connectivity index (χ1) is 15.9. The predicted molar refractivity (Wildman–Crippen MR) is 120 cm³/mol. The fourth-order valence-corrected chi connectivity index (χ4v) is 3.00. The molecule has 2 aromatic heterocycles. The summed E-state index contributed by atoms with van der Waals surface area (Å²) in [6.07, 6.45) is 3.26. The molecular weight excluding hydrogens is 451 g/mol. The van der Waals surface area contributed by atoms with E-state index >= 15 is 0 Å². The molecule has 2 heterocycles. The maximum Gasteiger partial charge on any atom is 0.276 e. The van der Waals surface area contributed by atoms with Gasteiger partial charge in [-0.15, -0.1) is 0 Å². The maximum absolute atomic E-state index is 13.2. The molecule has 168 valence electrons. The van der Waals surface area contributed by atoms with Crippen LogP contribution >= 0.6 is 11.6 Å². The van der Waals surface area contributed by atoms with E-state index in [2.05, 4.69) is 20.8 Å². The molecule has 0 aliphatic rings. The highest BCUT2D eigenvalue weighted by atomic mass is 35.5. The van der Waals surface area contributed by atoms with Gasteiger partial charge in [0.25, 0.3) is 11.8 Å². The number of ether oxygens (including phenoxy) is 1. The van der Waals surface area contributed by atoms with E-state index in [0.717, 1.165) is 0 Å². The lowest BCUT2D eigenvalue weighted by molar-refractivity contribution is 0.101. The third-order valence-corrected chi connectivity index (χ3v) is 4.76. The molecule has 33 heavy (non-hydrogen) atoms. The molecule has 0 saturated heterocycles. The van der Waals surface area contributed by atoms with Gasteiger partial charge in [-0.25, -0.2) is 9.07 Å². The van der Waals surface area contributed by atoms with E-state index in [1.807, 2.05) is 0 Å². The molecule has 2 N–H and O–H groups in total. The molecule has 0 bridgehead atoms. The number of nitrogens with zero attached hydrogens (tertiary/aromatic N) is 4. The first-order valence-electron chi connectivity index (χ1n) is 9.71. The molecule has 2 aromatic carbocycles. The number of halogens is 2. The molecule has 11 heteroatoms. The summed E-state index contributed by atoms with van der Waals surface area (Å²) < 4.78 is 21.7. The number of amides is 2. The second-order valence-electron chi connectivity index (χ2n) is 6.95. The highest BCUT2D eigenvalue weighted by Gasteiger charge is 2.12. The number of benzene rings is 2. The van der Waals surface area contributed by atoms with Crippen LogP contribution in [0.25, 0.3) is 0 Å². The fraction of sp³-hybridized carbons (Fsp3) is 0.0909. The van der Waals surface area contributed by atoms with Crippen molar-refractivity contribution < 1.29 is 18.7 Å². The van der Waals surface area contributed by atoms with Crippen molar-refractivity contribution in [3.63, 3.8) is 0 Å². The number of anilines is 2. The smallest absolute Gasteiger partial charge is 0.276 e. The van der Waals surface area contributed by atoms with Gasteiger partial charge in [-0.2, -0.15) is 10.2 Å². The van der Waals surface area contributed by atoms with Crippen molar-refractivity contribution in [2.24, 2.45) is 7.05 Å². The lowest BCUT2D eigenvalue weighted by Crippen LogP contribution is -2.15. The molecule has 0 radical (unpaired) electrons. The van der Waals surface area contributed by atoms with Gasteiger partial charge >= 0.3 is 0 Å². The molecule has 4 aromatic rings. The zero-order valence-corrected chi connectivity index (χ0v) is 18.1. The third-order valence-electron chi connectivity index (χ3n) is 4.47. The number of carbonyl (C=O) groups is 2. The largest absolute Gasteiger partial charge is 0.471 e. The van der Waals surface area contributed by atoms with E-state index in [1.54, 1.807) is 54.5 Å². The van der Waals surface area contributed by atoms with Gasteiger partial charge < -0.3 is 15.4 Å². The van der Waals surface area contributed by atoms with Gasteiger partial charge in [0, 0.05) is 36.9 Å². The zero-order valence-electron chi connectivity index (χ0n) is 17.3. The van der Waals surface area contributed by atoms with Crippen LogP contribution in [0.4, 0.5) is 15.8 Å². The van der Waals surface area contributed by atoms with Crippen molar-refractivity contribution >= 4 is 34.8 Å². The summed E-state index contributed by atoms with van der Waals surface area (Å²) in [7, 11) is 1.73. The number of aryl methyl sites for hydroxylation is 1. The van der Waals surface area contributed by atoms with Gasteiger partial charge in [0.05, 0.1) is 5.02 Å². The van der Waals surface area contributed by atoms with Gasteiger partial charge in [-0.3, -0.25) is 14.3 Å². The van der Waals surface area contributed by atoms with Gasteiger partial charge in [0.2, 0.25) is 0 Å². The van der Waals surface area contributed by atoms with Crippen LogP contribution in [0.1, 0.15) is 21.0 Å². The van der Waals surface area contributed by atoms with E-state index in [1.165, 1.54) is 28.9 Å². The van der Waals surface area contributed by atoms with Crippen LogP contribution in [-0.2, 0) is 13.8 Å². The quantitative estimate of drug-likeness (QED) is 0.427. The number of rotatable bonds is 7. The monoisotopic (exact) mass is 468 g/mol. The second-order valence-corrected chi connectivity index (χ2v) is 7.36. The topological polar surface area (TPSA) is 103 Å². The number of hydrogen-bond donors (Lipinski definition) is 2. The summed E-state index contributed by atoms with van der Waals surface area (Å²) in [4.78, 5) is 24.6. The zero-order chi connectivity index (χ0) is 23.4. The summed E-state index contributed by atoms with van der Waals surface area (Å²) in [5.41, 5.74) is 1.58. The molecule has 2 amide bonds. The van der Waals surface area contributed by atoms with E-state index in [-0.39, 0.29) is 23.4 Å². The molecule has 0 aliphatic heterocycles. The summed E-state index contributed by atoms with van der Waals surface area (Å²) in [5.74, 6) is -0.907. The van der Waals surface area contributed by atoms with E-state index in [9.17, 15) is 14.0 Å². The van der Waals surface area contributed by atoms with E-state index in [0.29, 0.717) is 22.8 Å². The summed E-state index contributed by atoms with van der Waals surface area (Å²) in [6, 6.07) is 13.8. The molecule has 0 atom stereocenters. The van der Waals surface area contributed by atoms with Crippen molar-refractivity contribution in [3.05, 3.63) is 89.2 Å². The van der Waals surface area contributed by atoms with Crippen molar-refractivity contribution in [1.82, 2.24) is 19.6 Å². The van der Waals surface area contributed by atoms with Crippen LogP contribution < -0.4 is 15.4 Å². The van der Waals surface area contributed by atoms with E-state index in [4.69, 9.17) is 16.3 Å².